The fourth-order valence-electron chi connectivity index (χ4n) is 2.44. The van der Waals surface area contributed by atoms with Crippen molar-refractivity contribution >= 4 is 23.2 Å². The number of carbonyl (C=O) groups is 2. The fourth-order valence-corrected chi connectivity index (χ4v) is 3.28. The van der Waals surface area contributed by atoms with E-state index >= 15 is 0 Å². The monoisotopic (exact) mass is 311 g/mol. The van der Waals surface area contributed by atoms with E-state index in [9.17, 15) is 9.59 Å². The summed E-state index contributed by atoms with van der Waals surface area (Å²) in [5.74, 6) is -1.03. The molecule has 2 rings (SSSR count). The van der Waals surface area contributed by atoms with E-state index in [0.717, 1.165) is 23.5 Å². The lowest BCUT2D eigenvalue weighted by atomic mass is 9.97. The van der Waals surface area contributed by atoms with Crippen molar-refractivity contribution in [1.29, 1.82) is 0 Å². The second kappa shape index (κ2) is 7.51. The predicted octanol–water partition coefficient (Wildman–Crippen LogP) is 0.900. The quantitative estimate of drug-likeness (QED) is 0.813. The molecule has 7 heteroatoms. The first-order valence-electron chi connectivity index (χ1n) is 7.24. The number of rotatable bonds is 6. The third kappa shape index (κ3) is 4.50. The van der Waals surface area contributed by atoms with E-state index in [1.807, 2.05) is 5.38 Å². The zero-order valence-corrected chi connectivity index (χ0v) is 12.8. The molecule has 1 fully saturated rings. The lowest BCUT2D eigenvalue weighted by molar-refractivity contribution is -0.145. The maximum absolute atomic E-state index is 12.2. The first-order valence-corrected chi connectivity index (χ1v) is 8.12. The van der Waals surface area contributed by atoms with Crippen LogP contribution >= 0.6 is 11.3 Å². The fraction of sp³-hybridized carbons (Fsp3) is 0.643. The number of carbonyl (C=O) groups excluding carboxylic acids is 1. The number of hydrogen-bond acceptors (Lipinski definition) is 5. The number of hydrogen-bond donors (Lipinski definition) is 2. The molecule has 0 saturated carbocycles. The maximum Gasteiger partial charge on any atom is 0.306 e. The second-order valence-corrected chi connectivity index (χ2v) is 6.24. The minimum Gasteiger partial charge on any atom is -0.481 e. The summed E-state index contributed by atoms with van der Waals surface area (Å²) in [5.41, 5.74) is 6.27. The summed E-state index contributed by atoms with van der Waals surface area (Å²) < 4.78 is 0. The van der Waals surface area contributed by atoms with Crippen LogP contribution in [-0.4, -0.2) is 46.5 Å². The van der Waals surface area contributed by atoms with Crippen molar-refractivity contribution in [2.24, 2.45) is 11.7 Å². The van der Waals surface area contributed by atoms with Crippen molar-refractivity contribution in [3.8, 4) is 0 Å². The van der Waals surface area contributed by atoms with Gasteiger partial charge in [-0.25, -0.2) is 4.98 Å². The molecule has 0 unspecified atom stereocenters. The third-order valence-electron chi connectivity index (χ3n) is 3.72. The van der Waals surface area contributed by atoms with E-state index in [2.05, 4.69) is 4.98 Å². The Morgan fingerprint density at radius 2 is 2.14 bits per heavy atom. The molecule has 1 aliphatic heterocycles. The van der Waals surface area contributed by atoms with Crippen LogP contribution < -0.4 is 5.73 Å². The molecule has 2 heterocycles. The summed E-state index contributed by atoms with van der Waals surface area (Å²) in [4.78, 5) is 29.3. The average molecular weight is 311 g/mol. The van der Waals surface area contributed by atoms with Crippen molar-refractivity contribution in [3.05, 3.63) is 16.1 Å². The van der Waals surface area contributed by atoms with Gasteiger partial charge in [0.1, 0.15) is 0 Å². The average Bonchev–Trinajstić information content (AvgIpc) is 2.92. The molecule has 116 valence electrons. The molecular formula is C14H21N3O3S. The molecule has 1 aromatic rings. The van der Waals surface area contributed by atoms with Crippen LogP contribution in [0.5, 0.6) is 0 Å². The number of piperidine rings is 1. The molecule has 3 N–H and O–H groups in total. The van der Waals surface area contributed by atoms with E-state index in [4.69, 9.17) is 10.8 Å². The van der Waals surface area contributed by atoms with Gasteiger partial charge in [0, 0.05) is 24.9 Å². The summed E-state index contributed by atoms with van der Waals surface area (Å²) in [5, 5.41) is 11.9. The molecule has 0 aliphatic carbocycles. The van der Waals surface area contributed by atoms with Crippen LogP contribution in [0.3, 0.4) is 0 Å². The molecule has 21 heavy (non-hydrogen) atoms. The summed E-state index contributed by atoms with van der Waals surface area (Å²) >= 11 is 1.57. The highest BCUT2D eigenvalue weighted by Crippen LogP contribution is 2.19. The van der Waals surface area contributed by atoms with Crippen molar-refractivity contribution in [3.63, 3.8) is 0 Å². The summed E-state index contributed by atoms with van der Waals surface area (Å²) in [6.45, 7) is 1.70. The molecule has 0 bridgehead atoms. The van der Waals surface area contributed by atoms with Crippen molar-refractivity contribution in [1.82, 2.24) is 9.88 Å². The SMILES string of the molecule is NCCCc1nc(CC(=O)N2CCC(C(=O)O)CC2)cs1. The van der Waals surface area contributed by atoms with Gasteiger partial charge >= 0.3 is 5.97 Å². The van der Waals surface area contributed by atoms with Crippen LogP contribution in [0.25, 0.3) is 0 Å². The van der Waals surface area contributed by atoms with Gasteiger partial charge in [0.15, 0.2) is 0 Å². The van der Waals surface area contributed by atoms with Crippen LogP contribution in [0.4, 0.5) is 0 Å². The number of aromatic nitrogens is 1. The molecule has 1 aromatic heterocycles. The number of nitrogens with two attached hydrogens (primary N) is 1. The normalized spacial score (nSPS) is 16.1. The standard InChI is InChI=1S/C14H21N3O3S/c15-5-1-2-12-16-11(9-21-12)8-13(18)17-6-3-10(4-7-17)14(19)20/h9-10H,1-8,15H2,(H,19,20). The minimum atomic E-state index is -0.758. The Balaban J connectivity index is 1.82. The summed E-state index contributed by atoms with van der Waals surface area (Å²) in [7, 11) is 0. The Hall–Kier alpha value is -1.47. The highest BCUT2D eigenvalue weighted by molar-refractivity contribution is 7.09. The van der Waals surface area contributed by atoms with E-state index < -0.39 is 5.97 Å². The Labute approximate surface area is 128 Å². The Morgan fingerprint density at radius 1 is 1.43 bits per heavy atom. The van der Waals surface area contributed by atoms with Crippen LogP contribution in [0.2, 0.25) is 0 Å². The van der Waals surface area contributed by atoms with Gasteiger partial charge in [0.05, 0.1) is 23.0 Å². The highest BCUT2D eigenvalue weighted by Gasteiger charge is 2.27. The molecule has 1 saturated heterocycles. The van der Waals surface area contributed by atoms with E-state index in [1.165, 1.54) is 0 Å². The minimum absolute atomic E-state index is 0.0366. The number of thiazole rings is 1. The number of nitrogens with zero attached hydrogens (tertiary/aromatic N) is 2. The molecule has 0 atom stereocenters. The number of aliphatic carboxylic acids is 1. The van der Waals surface area contributed by atoms with Crippen LogP contribution in [-0.2, 0) is 22.4 Å². The second-order valence-electron chi connectivity index (χ2n) is 5.29. The van der Waals surface area contributed by atoms with Crippen LogP contribution in [0, 0.1) is 5.92 Å². The lowest BCUT2D eigenvalue weighted by Gasteiger charge is -2.30. The maximum atomic E-state index is 12.2. The van der Waals surface area contributed by atoms with Gasteiger partial charge in [-0.2, -0.15) is 0 Å². The predicted molar refractivity (Wildman–Crippen MR) is 80.1 cm³/mol. The van der Waals surface area contributed by atoms with Crippen LogP contribution in [0.15, 0.2) is 5.38 Å². The first-order chi connectivity index (χ1) is 10.1. The smallest absolute Gasteiger partial charge is 0.306 e. The molecule has 1 aliphatic rings. The number of likely N-dealkylation sites (tertiary alicyclic amines) is 1. The molecule has 1 amide bonds. The number of carboxylic acid groups (broad SMARTS) is 1. The topological polar surface area (TPSA) is 96.5 Å². The van der Waals surface area contributed by atoms with E-state index in [1.54, 1.807) is 16.2 Å². The number of carboxylic acids is 1. The van der Waals surface area contributed by atoms with Crippen molar-refractivity contribution in [2.75, 3.05) is 19.6 Å². The van der Waals surface area contributed by atoms with E-state index in [-0.39, 0.29) is 11.8 Å². The van der Waals surface area contributed by atoms with Gasteiger partial charge in [-0.1, -0.05) is 0 Å². The Morgan fingerprint density at radius 3 is 2.76 bits per heavy atom. The number of amides is 1. The zero-order chi connectivity index (χ0) is 15.2. The molecule has 0 aromatic carbocycles. The summed E-state index contributed by atoms with van der Waals surface area (Å²) in [6.07, 6.45) is 3.15. The van der Waals surface area contributed by atoms with Crippen molar-refractivity contribution < 1.29 is 14.7 Å². The molecular weight excluding hydrogens is 290 g/mol. The Bertz CT molecular complexity index is 495. The lowest BCUT2D eigenvalue weighted by Crippen LogP contribution is -2.41. The first kappa shape index (κ1) is 15.9. The molecule has 0 radical (unpaired) electrons. The largest absolute Gasteiger partial charge is 0.481 e. The highest BCUT2D eigenvalue weighted by atomic mass is 32.1. The van der Waals surface area contributed by atoms with Gasteiger partial charge in [-0.05, 0) is 25.8 Å². The zero-order valence-electron chi connectivity index (χ0n) is 12.0. The Kier molecular flexibility index (Phi) is 5.69. The van der Waals surface area contributed by atoms with Gasteiger partial charge in [-0.15, -0.1) is 11.3 Å². The number of aryl methyl sites for hydroxylation is 1. The van der Waals surface area contributed by atoms with Gasteiger partial charge < -0.3 is 15.7 Å². The van der Waals surface area contributed by atoms with Crippen molar-refractivity contribution in [2.45, 2.75) is 32.1 Å². The summed E-state index contributed by atoms with van der Waals surface area (Å²) in [6, 6.07) is 0. The van der Waals surface area contributed by atoms with Crippen LogP contribution in [0.1, 0.15) is 30.0 Å². The van der Waals surface area contributed by atoms with Gasteiger partial charge in [-0.3, -0.25) is 9.59 Å². The third-order valence-corrected chi connectivity index (χ3v) is 4.68. The van der Waals surface area contributed by atoms with Gasteiger partial charge in [0.25, 0.3) is 0 Å². The molecule has 0 spiro atoms. The van der Waals surface area contributed by atoms with E-state index in [0.29, 0.717) is 38.9 Å². The molecule has 6 nitrogen and oxygen atoms in total. The van der Waals surface area contributed by atoms with Gasteiger partial charge in [0.2, 0.25) is 5.91 Å².